The number of imidazole rings is 1. The number of hydrogen-bond acceptors (Lipinski definition) is 5. The Morgan fingerprint density at radius 3 is 2.88 bits per heavy atom. The molecule has 0 spiro atoms. The lowest BCUT2D eigenvalue weighted by molar-refractivity contribution is -0.129. The van der Waals surface area contributed by atoms with Crippen LogP contribution in [0.5, 0.6) is 0 Å². The molecule has 2 N–H and O–H groups in total. The van der Waals surface area contributed by atoms with Crippen LogP contribution in [-0.4, -0.2) is 37.8 Å². The van der Waals surface area contributed by atoms with Crippen molar-refractivity contribution in [2.45, 2.75) is 19.9 Å². The van der Waals surface area contributed by atoms with Crippen molar-refractivity contribution >= 4 is 28.5 Å². The van der Waals surface area contributed by atoms with E-state index in [0.717, 1.165) is 11.1 Å². The summed E-state index contributed by atoms with van der Waals surface area (Å²) in [7, 11) is 0. The van der Waals surface area contributed by atoms with Crippen LogP contribution in [-0.2, 0) is 17.8 Å². The fourth-order valence-corrected chi connectivity index (χ4v) is 3.30. The maximum absolute atomic E-state index is 13.1. The van der Waals surface area contributed by atoms with Crippen LogP contribution in [0.15, 0.2) is 36.9 Å². The molecule has 1 amide bonds. The van der Waals surface area contributed by atoms with Crippen LogP contribution in [0.25, 0.3) is 11.0 Å². The fraction of sp³-hybridized carbons (Fsp3) is 0.222. The van der Waals surface area contributed by atoms with Crippen molar-refractivity contribution in [3.05, 3.63) is 53.6 Å². The molecular weight excluding hydrogens is 318 g/mol. The van der Waals surface area contributed by atoms with Crippen molar-refractivity contribution < 1.29 is 9.59 Å². The standard InChI is InChI=1S/C18H17N5O2/c1-11(24)22-6-5-13-12(9-22)7-20-8-14(13)18(25)23-10-21-17-15(19)3-2-4-16(17)23/h2-4,7-8,10H,5-6,9,19H2,1H3. The van der Waals surface area contributed by atoms with Crippen molar-refractivity contribution in [3.63, 3.8) is 0 Å². The van der Waals surface area contributed by atoms with E-state index in [-0.39, 0.29) is 11.8 Å². The third kappa shape index (κ3) is 2.44. The predicted molar refractivity (Wildman–Crippen MR) is 92.9 cm³/mol. The van der Waals surface area contributed by atoms with Gasteiger partial charge in [0.25, 0.3) is 5.91 Å². The fourth-order valence-electron chi connectivity index (χ4n) is 3.30. The Morgan fingerprint density at radius 1 is 1.24 bits per heavy atom. The second-order valence-corrected chi connectivity index (χ2v) is 6.15. The van der Waals surface area contributed by atoms with E-state index < -0.39 is 0 Å². The SMILES string of the molecule is CC(=O)N1CCc2c(cncc2C(=O)n2cnc3c(N)cccc32)C1. The quantitative estimate of drug-likeness (QED) is 0.682. The van der Waals surface area contributed by atoms with Gasteiger partial charge >= 0.3 is 0 Å². The Balaban J connectivity index is 1.78. The zero-order valence-electron chi connectivity index (χ0n) is 13.8. The van der Waals surface area contributed by atoms with Gasteiger partial charge in [-0.05, 0) is 29.7 Å². The zero-order valence-corrected chi connectivity index (χ0v) is 13.8. The highest BCUT2D eigenvalue weighted by molar-refractivity contribution is 6.03. The van der Waals surface area contributed by atoms with Crippen LogP contribution in [0, 0.1) is 0 Å². The second kappa shape index (κ2) is 5.70. The van der Waals surface area contributed by atoms with Crippen LogP contribution >= 0.6 is 0 Å². The van der Waals surface area contributed by atoms with Gasteiger partial charge in [0.05, 0.1) is 16.8 Å². The van der Waals surface area contributed by atoms with E-state index in [4.69, 9.17) is 5.73 Å². The molecule has 3 aromatic rings. The van der Waals surface area contributed by atoms with E-state index in [9.17, 15) is 9.59 Å². The molecule has 0 atom stereocenters. The van der Waals surface area contributed by atoms with Crippen molar-refractivity contribution in [1.82, 2.24) is 19.4 Å². The number of para-hydroxylation sites is 1. The summed E-state index contributed by atoms with van der Waals surface area (Å²) in [6.45, 7) is 2.64. The molecule has 2 aromatic heterocycles. The molecule has 4 rings (SSSR count). The van der Waals surface area contributed by atoms with E-state index in [0.29, 0.717) is 41.8 Å². The predicted octanol–water partition coefficient (Wildman–Crippen LogP) is 1.61. The highest BCUT2D eigenvalue weighted by Crippen LogP contribution is 2.25. The molecule has 0 radical (unpaired) electrons. The Hall–Kier alpha value is -3.22. The highest BCUT2D eigenvalue weighted by Gasteiger charge is 2.24. The Labute approximate surface area is 144 Å². The molecule has 0 fully saturated rings. The summed E-state index contributed by atoms with van der Waals surface area (Å²) in [5.74, 6) is -0.160. The van der Waals surface area contributed by atoms with Crippen molar-refractivity contribution in [2.24, 2.45) is 0 Å². The van der Waals surface area contributed by atoms with E-state index in [1.54, 1.807) is 36.4 Å². The number of nitrogens with zero attached hydrogens (tertiary/aromatic N) is 4. The van der Waals surface area contributed by atoms with Gasteiger partial charge in [0, 0.05) is 32.4 Å². The number of carbonyl (C=O) groups is 2. The lowest BCUT2D eigenvalue weighted by Gasteiger charge is -2.28. The number of rotatable bonds is 1. The number of amides is 1. The average Bonchev–Trinajstić information content (AvgIpc) is 3.05. The normalized spacial score (nSPS) is 13.7. The number of pyridine rings is 1. The summed E-state index contributed by atoms with van der Waals surface area (Å²) in [5, 5.41) is 0. The van der Waals surface area contributed by atoms with Gasteiger partial charge in [0.2, 0.25) is 5.91 Å². The molecular formula is C18H17N5O2. The first-order valence-corrected chi connectivity index (χ1v) is 8.04. The molecule has 0 unspecified atom stereocenters. The summed E-state index contributed by atoms with van der Waals surface area (Å²) in [6, 6.07) is 5.37. The molecule has 1 aliphatic rings. The van der Waals surface area contributed by atoms with Gasteiger partial charge in [0.1, 0.15) is 11.8 Å². The van der Waals surface area contributed by atoms with Crippen LogP contribution in [0.4, 0.5) is 5.69 Å². The Kier molecular flexibility index (Phi) is 3.49. The zero-order chi connectivity index (χ0) is 17.6. The van der Waals surface area contributed by atoms with Crippen molar-refractivity contribution in [2.75, 3.05) is 12.3 Å². The molecule has 25 heavy (non-hydrogen) atoms. The summed E-state index contributed by atoms with van der Waals surface area (Å²) in [5.41, 5.74) is 10.1. The minimum atomic E-state index is -0.186. The molecule has 126 valence electrons. The van der Waals surface area contributed by atoms with Gasteiger partial charge in [-0.25, -0.2) is 4.98 Å². The van der Waals surface area contributed by atoms with Gasteiger partial charge in [0.15, 0.2) is 0 Å². The third-order valence-electron chi connectivity index (χ3n) is 4.64. The molecule has 0 saturated carbocycles. The van der Waals surface area contributed by atoms with Crippen molar-refractivity contribution in [3.8, 4) is 0 Å². The molecule has 3 heterocycles. The summed E-state index contributed by atoms with van der Waals surface area (Å²) in [4.78, 5) is 34.9. The summed E-state index contributed by atoms with van der Waals surface area (Å²) >= 11 is 0. The topological polar surface area (TPSA) is 94.1 Å². The maximum Gasteiger partial charge on any atom is 0.265 e. The van der Waals surface area contributed by atoms with Crippen LogP contribution in [0.1, 0.15) is 28.4 Å². The number of aromatic nitrogens is 3. The Morgan fingerprint density at radius 2 is 2.08 bits per heavy atom. The second-order valence-electron chi connectivity index (χ2n) is 6.15. The molecule has 7 nitrogen and oxygen atoms in total. The first-order chi connectivity index (χ1) is 12.1. The van der Waals surface area contributed by atoms with Crippen LogP contribution in [0.3, 0.4) is 0 Å². The number of anilines is 1. The first kappa shape index (κ1) is 15.3. The first-order valence-electron chi connectivity index (χ1n) is 8.04. The van der Waals surface area contributed by atoms with Gasteiger partial charge in [-0.15, -0.1) is 0 Å². The maximum atomic E-state index is 13.1. The number of fused-ring (bicyclic) bond motifs is 2. The largest absolute Gasteiger partial charge is 0.397 e. The number of hydrogen-bond donors (Lipinski definition) is 1. The average molecular weight is 335 g/mol. The summed E-state index contributed by atoms with van der Waals surface area (Å²) in [6.07, 6.45) is 5.44. The monoisotopic (exact) mass is 335 g/mol. The molecule has 0 saturated heterocycles. The molecule has 0 aliphatic carbocycles. The summed E-state index contributed by atoms with van der Waals surface area (Å²) < 4.78 is 1.50. The molecule has 1 aliphatic heterocycles. The van der Waals surface area contributed by atoms with E-state index in [1.165, 1.54) is 10.9 Å². The highest BCUT2D eigenvalue weighted by atomic mass is 16.2. The lowest BCUT2D eigenvalue weighted by Crippen LogP contribution is -2.35. The molecule has 0 bridgehead atoms. The van der Waals surface area contributed by atoms with Gasteiger partial charge < -0.3 is 10.6 Å². The van der Waals surface area contributed by atoms with Crippen LogP contribution in [0.2, 0.25) is 0 Å². The van der Waals surface area contributed by atoms with E-state index in [1.807, 2.05) is 6.07 Å². The van der Waals surface area contributed by atoms with Gasteiger partial charge in [-0.2, -0.15) is 0 Å². The number of benzene rings is 1. The third-order valence-corrected chi connectivity index (χ3v) is 4.64. The lowest BCUT2D eigenvalue weighted by atomic mass is 9.96. The molecule has 1 aromatic carbocycles. The number of carbonyl (C=O) groups excluding carboxylic acids is 2. The van der Waals surface area contributed by atoms with Gasteiger partial charge in [-0.3, -0.25) is 19.1 Å². The minimum absolute atomic E-state index is 0.0264. The minimum Gasteiger partial charge on any atom is -0.397 e. The van der Waals surface area contributed by atoms with Crippen molar-refractivity contribution in [1.29, 1.82) is 0 Å². The van der Waals surface area contributed by atoms with Crippen LogP contribution < -0.4 is 5.73 Å². The number of nitrogens with two attached hydrogens (primary N) is 1. The Bertz CT molecular complexity index is 1010. The molecule has 7 heteroatoms. The number of nitrogen functional groups attached to an aromatic ring is 1. The van der Waals surface area contributed by atoms with Gasteiger partial charge in [-0.1, -0.05) is 6.07 Å². The smallest absolute Gasteiger partial charge is 0.265 e. The van der Waals surface area contributed by atoms with E-state index >= 15 is 0 Å². The van der Waals surface area contributed by atoms with E-state index in [2.05, 4.69) is 9.97 Å².